The number of aliphatic carboxylic acids is 1. The van der Waals surface area contributed by atoms with Crippen LogP contribution < -0.4 is 4.72 Å². The van der Waals surface area contributed by atoms with E-state index in [9.17, 15) is 27.9 Å². The monoisotopic (exact) mass is 432 g/mol. The molecule has 1 atom stereocenters. The number of nitrogens with one attached hydrogen (secondary N) is 1. The second-order valence-electron chi connectivity index (χ2n) is 7.50. The van der Waals surface area contributed by atoms with E-state index >= 15 is 0 Å². The van der Waals surface area contributed by atoms with Crippen molar-refractivity contribution in [3.05, 3.63) is 42.5 Å². The van der Waals surface area contributed by atoms with Crippen molar-refractivity contribution in [2.75, 3.05) is 6.54 Å². The van der Waals surface area contributed by atoms with Crippen LogP contribution in [0.3, 0.4) is 0 Å². The van der Waals surface area contributed by atoms with E-state index in [1.54, 1.807) is 18.2 Å². The Labute approximate surface area is 174 Å². The molecule has 0 unspecified atom stereocenters. The Bertz CT molecular complexity index is 1080. The molecule has 1 amide bonds. The average molecular weight is 432 g/mol. The highest BCUT2D eigenvalue weighted by Gasteiger charge is 2.38. The lowest BCUT2D eigenvalue weighted by atomic mass is 10.1. The fourth-order valence-corrected chi connectivity index (χ4v) is 4.50. The zero-order chi connectivity index (χ0) is 21.9. The zero-order valence-corrected chi connectivity index (χ0v) is 17.4. The summed E-state index contributed by atoms with van der Waals surface area (Å²) in [6.45, 7) is 1.55. The SMILES string of the molecule is CC(=O)CCN(C(=O)[C@H](CC(=O)O)NS(=O)(=O)c1ccc2ccccc2c1)C1CC1. The smallest absolute Gasteiger partial charge is 0.305 e. The molecule has 0 aromatic heterocycles. The van der Waals surface area contributed by atoms with Crippen LogP contribution in [-0.4, -0.2) is 54.7 Å². The first kappa shape index (κ1) is 21.9. The van der Waals surface area contributed by atoms with Crippen molar-refractivity contribution in [3.63, 3.8) is 0 Å². The minimum atomic E-state index is -4.14. The summed E-state index contributed by atoms with van der Waals surface area (Å²) in [4.78, 5) is 37.1. The number of Topliss-reactive ketones (excluding diaryl/α,β-unsaturated/α-hetero) is 1. The van der Waals surface area contributed by atoms with Gasteiger partial charge in [0.05, 0.1) is 11.3 Å². The summed E-state index contributed by atoms with van der Waals surface area (Å²) in [6, 6.07) is 10.3. The Morgan fingerprint density at radius 3 is 2.40 bits per heavy atom. The Morgan fingerprint density at radius 1 is 1.13 bits per heavy atom. The maximum absolute atomic E-state index is 13.0. The van der Waals surface area contributed by atoms with E-state index in [0.29, 0.717) is 5.39 Å². The molecule has 1 aliphatic rings. The van der Waals surface area contributed by atoms with Crippen molar-refractivity contribution in [2.45, 2.75) is 49.6 Å². The molecule has 160 valence electrons. The number of carbonyl (C=O) groups excluding carboxylic acids is 2. The first-order chi connectivity index (χ1) is 14.2. The molecule has 0 spiro atoms. The first-order valence-electron chi connectivity index (χ1n) is 9.70. The average Bonchev–Trinajstić information content (AvgIpc) is 3.51. The maximum atomic E-state index is 13.0. The topological polar surface area (TPSA) is 121 Å². The molecule has 2 N–H and O–H groups in total. The van der Waals surface area contributed by atoms with Gasteiger partial charge in [0.25, 0.3) is 0 Å². The Hall–Kier alpha value is -2.78. The molecule has 3 rings (SSSR count). The molecule has 0 heterocycles. The normalized spacial score (nSPS) is 15.0. The van der Waals surface area contributed by atoms with Gasteiger partial charge in [0.15, 0.2) is 0 Å². The van der Waals surface area contributed by atoms with E-state index in [1.165, 1.54) is 24.0 Å². The van der Waals surface area contributed by atoms with E-state index in [-0.39, 0.29) is 29.7 Å². The third kappa shape index (κ3) is 5.43. The van der Waals surface area contributed by atoms with Crippen molar-refractivity contribution >= 4 is 38.5 Å². The van der Waals surface area contributed by atoms with Gasteiger partial charge in [0.2, 0.25) is 15.9 Å². The predicted octanol–water partition coefficient (Wildman–Crippen LogP) is 1.93. The molecule has 8 nitrogen and oxygen atoms in total. The zero-order valence-electron chi connectivity index (χ0n) is 16.6. The van der Waals surface area contributed by atoms with E-state index in [2.05, 4.69) is 4.72 Å². The fraction of sp³-hybridized carbons (Fsp3) is 0.381. The highest BCUT2D eigenvalue weighted by Crippen LogP contribution is 2.28. The number of rotatable bonds is 10. The van der Waals surface area contributed by atoms with Crippen molar-refractivity contribution < 1.29 is 27.9 Å². The Balaban J connectivity index is 1.85. The van der Waals surface area contributed by atoms with Crippen LogP contribution in [0.25, 0.3) is 10.8 Å². The molecule has 0 bridgehead atoms. The van der Waals surface area contributed by atoms with E-state index < -0.39 is 34.4 Å². The van der Waals surface area contributed by atoms with Crippen LogP contribution in [0.4, 0.5) is 0 Å². The number of carbonyl (C=O) groups is 3. The molecule has 0 radical (unpaired) electrons. The molecule has 1 aliphatic carbocycles. The van der Waals surface area contributed by atoms with Crippen LogP contribution in [0.1, 0.15) is 32.6 Å². The molecule has 0 aliphatic heterocycles. The summed E-state index contributed by atoms with van der Waals surface area (Å²) in [6.07, 6.45) is 0.954. The second-order valence-corrected chi connectivity index (χ2v) is 9.21. The molecular weight excluding hydrogens is 408 g/mol. The van der Waals surface area contributed by atoms with Crippen LogP contribution in [0.2, 0.25) is 0 Å². The van der Waals surface area contributed by atoms with Crippen LogP contribution in [0.15, 0.2) is 47.4 Å². The molecular formula is C21H24N2O6S. The summed E-state index contributed by atoms with van der Waals surface area (Å²) < 4.78 is 28.1. The fourth-order valence-electron chi connectivity index (χ4n) is 3.28. The van der Waals surface area contributed by atoms with Gasteiger partial charge in [-0.3, -0.25) is 14.4 Å². The van der Waals surface area contributed by atoms with Gasteiger partial charge in [-0.2, -0.15) is 4.72 Å². The van der Waals surface area contributed by atoms with Crippen molar-refractivity contribution in [1.82, 2.24) is 9.62 Å². The minimum Gasteiger partial charge on any atom is -0.481 e. The Kier molecular flexibility index (Phi) is 6.52. The predicted molar refractivity (Wildman–Crippen MR) is 110 cm³/mol. The number of sulfonamides is 1. The number of carboxylic acids is 1. The number of hydrogen-bond acceptors (Lipinski definition) is 5. The van der Waals surface area contributed by atoms with Gasteiger partial charge in [-0.1, -0.05) is 30.3 Å². The molecule has 9 heteroatoms. The lowest BCUT2D eigenvalue weighted by Gasteiger charge is -2.27. The van der Waals surface area contributed by atoms with Gasteiger partial charge >= 0.3 is 5.97 Å². The number of nitrogens with zero attached hydrogens (tertiary/aromatic N) is 1. The minimum absolute atomic E-state index is 0.0499. The summed E-state index contributed by atoms with van der Waals surface area (Å²) in [5.74, 6) is -2.01. The van der Waals surface area contributed by atoms with Gasteiger partial charge in [0.1, 0.15) is 11.8 Å². The van der Waals surface area contributed by atoms with Gasteiger partial charge < -0.3 is 10.0 Å². The standard InChI is InChI=1S/C21H24N2O6S/c1-14(24)10-11-23(17-7-8-17)21(27)19(13-20(25)26)22-30(28,29)18-9-6-15-4-2-3-5-16(15)12-18/h2-6,9,12,17,19,22H,7-8,10-11,13H2,1H3,(H,25,26)/t19-/m0/s1. The second kappa shape index (κ2) is 8.93. The lowest BCUT2D eigenvalue weighted by molar-refractivity contribution is -0.142. The number of amides is 1. The van der Waals surface area contributed by atoms with Crippen LogP contribution >= 0.6 is 0 Å². The van der Waals surface area contributed by atoms with Crippen LogP contribution in [0, 0.1) is 0 Å². The van der Waals surface area contributed by atoms with Crippen molar-refractivity contribution in [2.24, 2.45) is 0 Å². The molecule has 2 aromatic rings. The van der Waals surface area contributed by atoms with E-state index in [4.69, 9.17) is 0 Å². The molecule has 0 saturated heterocycles. The number of fused-ring (bicyclic) bond motifs is 1. The van der Waals surface area contributed by atoms with Gasteiger partial charge in [-0.05, 0) is 42.7 Å². The summed E-state index contributed by atoms with van der Waals surface area (Å²) >= 11 is 0. The molecule has 1 saturated carbocycles. The van der Waals surface area contributed by atoms with Crippen molar-refractivity contribution in [1.29, 1.82) is 0 Å². The van der Waals surface area contributed by atoms with Crippen LogP contribution in [-0.2, 0) is 24.4 Å². The van der Waals surface area contributed by atoms with Gasteiger partial charge in [-0.15, -0.1) is 0 Å². The van der Waals surface area contributed by atoms with Gasteiger partial charge in [0, 0.05) is 19.0 Å². The number of carboxylic acid groups (broad SMARTS) is 1. The molecule has 2 aromatic carbocycles. The number of benzene rings is 2. The maximum Gasteiger partial charge on any atom is 0.305 e. The summed E-state index contributed by atoms with van der Waals surface area (Å²) in [7, 11) is -4.14. The van der Waals surface area contributed by atoms with Crippen LogP contribution in [0.5, 0.6) is 0 Å². The van der Waals surface area contributed by atoms with Crippen molar-refractivity contribution in [3.8, 4) is 0 Å². The largest absolute Gasteiger partial charge is 0.481 e. The third-order valence-corrected chi connectivity index (χ3v) is 6.45. The van der Waals surface area contributed by atoms with E-state index in [1.807, 2.05) is 12.1 Å². The Morgan fingerprint density at radius 2 is 1.80 bits per heavy atom. The first-order valence-corrected chi connectivity index (χ1v) is 11.2. The third-order valence-electron chi connectivity index (χ3n) is 4.98. The summed E-state index contributed by atoms with van der Waals surface area (Å²) in [5.41, 5.74) is 0. The summed E-state index contributed by atoms with van der Waals surface area (Å²) in [5, 5.41) is 10.8. The highest BCUT2D eigenvalue weighted by atomic mass is 32.2. The van der Waals surface area contributed by atoms with E-state index in [0.717, 1.165) is 18.2 Å². The number of ketones is 1. The van der Waals surface area contributed by atoms with Gasteiger partial charge in [-0.25, -0.2) is 8.42 Å². The number of hydrogen-bond donors (Lipinski definition) is 2. The quantitative estimate of drug-likeness (QED) is 0.592. The molecule has 30 heavy (non-hydrogen) atoms. The lowest BCUT2D eigenvalue weighted by Crippen LogP contribution is -2.50. The highest BCUT2D eigenvalue weighted by molar-refractivity contribution is 7.89. The molecule has 1 fully saturated rings.